The molecule has 0 atom stereocenters. The minimum Gasteiger partial charge on any atom is -0.314 e. The van der Waals surface area contributed by atoms with Crippen LogP contribution in [-0.2, 0) is 6.54 Å². The Balaban J connectivity index is 2.49. The van der Waals surface area contributed by atoms with E-state index in [0.29, 0.717) is 12.2 Å². The van der Waals surface area contributed by atoms with Gasteiger partial charge in [0.15, 0.2) is 0 Å². The third-order valence-electron chi connectivity index (χ3n) is 2.31. The molecule has 0 radical (unpaired) electrons. The fraction of sp³-hybridized carbons (Fsp3) is 0.273. The smallest absolute Gasteiger partial charge is 0.148 e. The van der Waals surface area contributed by atoms with Gasteiger partial charge < -0.3 is 5.32 Å². The summed E-state index contributed by atoms with van der Waals surface area (Å²) >= 11 is 0. The van der Waals surface area contributed by atoms with Crippen LogP contribution in [0.15, 0.2) is 24.4 Å². The predicted molar refractivity (Wildman–Crippen MR) is 58.8 cm³/mol. The molecule has 0 spiro atoms. The number of nitrogens with one attached hydrogen (secondary N) is 1. The van der Waals surface area contributed by atoms with E-state index in [1.165, 1.54) is 10.7 Å². The van der Waals surface area contributed by atoms with Crippen LogP contribution in [0.2, 0.25) is 0 Å². The molecule has 1 aromatic heterocycles. The normalized spacial score (nSPS) is 10.7. The summed E-state index contributed by atoms with van der Waals surface area (Å²) in [5, 5.41) is 10.7. The Hall–Kier alpha value is -1.75. The number of halogens is 1. The quantitative estimate of drug-likeness (QED) is 0.851. The summed E-state index contributed by atoms with van der Waals surface area (Å²) in [5.74, 6) is -0.298. The summed E-state index contributed by atoms with van der Waals surface area (Å²) in [7, 11) is 1.82. The Morgan fingerprint density at radius 3 is 3.00 bits per heavy atom. The van der Waals surface area contributed by atoms with E-state index in [0.717, 1.165) is 11.3 Å². The lowest BCUT2D eigenvalue weighted by atomic mass is 10.2. The van der Waals surface area contributed by atoms with Gasteiger partial charge in [0.25, 0.3) is 0 Å². The number of nitrogens with zero attached hydrogens (tertiary/aromatic N) is 3. The maximum Gasteiger partial charge on any atom is 0.148 e. The largest absolute Gasteiger partial charge is 0.314 e. The van der Waals surface area contributed by atoms with Gasteiger partial charge in [-0.1, -0.05) is 11.3 Å². The van der Waals surface area contributed by atoms with Gasteiger partial charge in [0.2, 0.25) is 0 Å². The molecule has 4 nitrogen and oxygen atoms in total. The molecule has 1 N–H and O–H groups in total. The van der Waals surface area contributed by atoms with E-state index in [4.69, 9.17) is 0 Å². The maximum atomic E-state index is 13.6. The Kier molecular flexibility index (Phi) is 2.96. The van der Waals surface area contributed by atoms with Crippen LogP contribution in [0.5, 0.6) is 0 Å². The van der Waals surface area contributed by atoms with Crippen molar-refractivity contribution in [2.75, 3.05) is 7.05 Å². The summed E-state index contributed by atoms with van der Waals surface area (Å²) < 4.78 is 15.2. The molecule has 2 aromatic rings. The highest BCUT2D eigenvalue weighted by molar-refractivity contribution is 5.37. The van der Waals surface area contributed by atoms with E-state index in [9.17, 15) is 4.39 Å². The van der Waals surface area contributed by atoms with Gasteiger partial charge in [0.05, 0.1) is 11.9 Å². The standard InChI is InChI=1S/C11H13FN4/c1-8-3-4-10(12)11(5-8)16-9(6-13-2)7-14-15-16/h3-5,7,13H,6H2,1-2H3. The molecule has 0 amide bonds. The van der Waals surface area contributed by atoms with Crippen molar-refractivity contribution in [1.29, 1.82) is 0 Å². The highest BCUT2D eigenvalue weighted by Gasteiger charge is 2.10. The van der Waals surface area contributed by atoms with E-state index >= 15 is 0 Å². The zero-order chi connectivity index (χ0) is 11.5. The minimum atomic E-state index is -0.298. The molecular formula is C11H13FN4. The summed E-state index contributed by atoms with van der Waals surface area (Å²) in [6.45, 7) is 2.51. The monoisotopic (exact) mass is 220 g/mol. The predicted octanol–water partition coefficient (Wildman–Crippen LogP) is 1.43. The second kappa shape index (κ2) is 4.40. The number of aryl methyl sites for hydroxylation is 1. The zero-order valence-corrected chi connectivity index (χ0v) is 9.24. The van der Waals surface area contributed by atoms with Crippen LogP contribution in [0.3, 0.4) is 0 Å². The number of aromatic nitrogens is 3. The molecule has 0 aliphatic heterocycles. The van der Waals surface area contributed by atoms with Crippen LogP contribution in [0.25, 0.3) is 5.69 Å². The molecule has 0 aliphatic rings. The molecule has 16 heavy (non-hydrogen) atoms. The van der Waals surface area contributed by atoms with Crippen molar-refractivity contribution in [3.63, 3.8) is 0 Å². The van der Waals surface area contributed by atoms with Gasteiger partial charge in [0.1, 0.15) is 11.5 Å². The van der Waals surface area contributed by atoms with Crippen molar-refractivity contribution < 1.29 is 4.39 Å². The highest BCUT2D eigenvalue weighted by Crippen LogP contribution is 2.15. The molecule has 0 bridgehead atoms. The van der Waals surface area contributed by atoms with E-state index in [1.54, 1.807) is 18.3 Å². The van der Waals surface area contributed by atoms with Crippen molar-refractivity contribution in [3.05, 3.63) is 41.5 Å². The van der Waals surface area contributed by atoms with Gasteiger partial charge in [-0.05, 0) is 31.7 Å². The molecule has 2 rings (SSSR count). The maximum absolute atomic E-state index is 13.6. The van der Waals surface area contributed by atoms with Crippen molar-refractivity contribution in [1.82, 2.24) is 20.3 Å². The van der Waals surface area contributed by atoms with E-state index in [1.807, 2.05) is 14.0 Å². The number of benzene rings is 1. The first-order valence-corrected chi connectivity index (χ1v) is 5.03. The van der Waals surface area contributed by atoms with Crippen LogP contribution < -0.4 is 5.32 Å². The van der Waals surface area contributed by atoms with Crippen molar-refractivity contribution in [2.24, 2.45) is 0 Å². The van der Waals surface area contributed by atoms with Crippen molar-refractivity contribution in [3.8, 4) is 5.69 Å². The lowest BCUT2D eigenvalue weighted by Crippen LogP contribution is -2.12. The molecule has 0 fully saturated rings. The molecule has 84 valence electrons. The van der Waals surface area contributed by atoms with Crippen molar-refractivity contribution >= 4 is 0 Å². The molecule has 0 saturated heterocycles. The van der Waals surface area contributed by atoms with Crippen LogP contribution in [-0.4, -0.2) is 22.0 Å². The summed E-state index contributed by atoms with van der Waals surface area (Å²) in [6, 6.07) is 4.92. The summed E-state index contributed by atoms with van der Waals surface area (Å²) in [6.07, 6.45) is 1.62. The third-order valence-corrected chi connectivity index (χ3v) is 2.31. The fourth-order valence-corrected chi connectivity index (χ4v) is 1.55. The molecule has 5 heteroatoms. The molecule has 1 aromatic carbocycles. The van der Waals surface area contributed by atoms with Crippen LogP contribution in [0, 0.1) is 12.7 Å². The van der Waals surface area contributed by atoms with E-state index < -0.39 is 0 Å². The number of hydrogen-bond acceptors (Lipinski definition) is 3. The first-order chi connectivity index (χ1) is 7.72. The average molecular weight is 220 g/mol. The van der Waals surface area contributed by atoms with Gasteiger partial charge in [-0.3, -0.25) is 0 Å². The first-order valence-electron chi connectivity index (χ1n) is 5.03. The SMILES string of the molecule is CNCc1cnnn1-c1cc(C)ccc1F. The average Bonchev–Trinajstić information content (AvgIpc) is 2.70. The zero-order valence-electron chi connectivity index (χ0n) is 9.24. The van der Waals surface area contributed by atoms with E-state index in [-0.39, 0.29) is 5.82 Å². The van der Waals surface area contributed by atoms with Crippen LogP contribution in [0.1, 0.15) is 11.3 Å². The fourth-order valence-electron chi connectivity index (χ4n) is 1.55. The lowest BCUT2D eigenvalue weighted by molar-refractivity contribution is 0.598. The van der Waals surface area contributed by atoms with Gasteiger partial charge in [-0.25, -0.2) is 9.07 Å². The Morgan fingerprint density at radius 2 is 2.25 bits per heavy atom. The van der Waals surface area contributed by atoms with Gasteiger partial charge in [-0.15, -0.1) is 5.10 Å². The van der Waals surface area contributed by atoms with E-state index in [2.05, 4.69) is 15.6 Å². The number of hydrogen-bond donors (Lipinski definition) is 1. The summed E-state index contributed by atoms with van der Waals surface area (Å²) in [4.78, 5) is 0. The van der Waals surface area contributed by atoms with Gasteiger partial charge in [-0.2, -0.15) is 0 Å². The molecule has 0 aliphatic carbocycles. The van der Waals surface area contributed by atoms with Crippen LogP contribution >= 0.6 is 0 Å². The summed E-state index contributed by atoms with van der Waals surface area (Å²) in [5.41, 5.74) is 2.25. The molecule has 1 heterocycles. The molecular weight excluding hydrogens is 207 g/mol. The van der Waals surface area contributed by atoms with Gasteiger partial charge in [0, 0.05) is 6.54 Å². The second-order valence-corrected chi connectivity index (χ2v) is 3.62. The third kappa shape index (κ3) is 1.94. The first kappa shape index (κ1) is 10.8. The Morgan fingerprint density at radius 1 is 1.44 bits per heavy atom. The number of rotatable bonds is 3. The molecule has 0 saturated carbocycles. The Labute approximate surface area is 93.1 Å². The highest BCUT2D eigenvalue weighted by atomic mass is 19.1. The van der Waals surface area contributed by atoms with Gasteiger partial charge >= 0.3 is 0 Å². The lowest BCUT2D eigenvalue weighted by Gasteiger charge is -2.07. The minimum absolute atomic E-state index is 0.298. The molecule has 0 unspecified atom stereocenters. The van der Waals surface area contributed by atoms with Crippen LogP contribution in [0.4, 0.5) is 4.39 Å². The topological polar surface area (TPSA) is 42.7 Å². The second-order valence-electron chi connectivity index (χ2n) is 3.62. The Bertz CT molecular complexity index is 492. The van der Waals surface area contributed by atoms with Crippen molar-refractivity contribution in [2.45, 2.75) is 13.5 Å².